The molecule has 0 aromatic carbocycles. The van der Waals surface area contributed by atoms with Crippen LogP contribution in [-0.4, -0.2) is 107 Å². The topological polar surface area (TPSA) is 113 Å². The van der Waals surface area contributed by atoms with E-state index < -0.39 is 18.0 Å². The Balaban J connectivity index is 1.40. The van der Waals surface area contributed by atoms with Gasteiger partial charge in [-0.25, -0.2) is 0 Å². The summed E-state index contributed by atoms with van der Waals surface area (Å²) >= 11 is 1.43. The Labute approximate surface area is 187 Å². The third kappa shape index (κ3) is 3.67. The van der Waals surface area contributed by atoms with Crippen molar-refractivity contribution in [2.24, 2.45) is 11.8 Å². The Kier molecular flexibility index (Phi) is 5.65. The van der Waals surface area contributed by atoms with Gasteiger partial charge in [-0.3, -0.25) is 9.59 Å². The van der Waals surface area contributed by atoms with E-state index in [1.807, 2.05) is 11.8 Å². The number of hydrogen-bond acceptors (Lipinski definition) is 7. The first-order chi connectivity index (χ1) is 14.4. The average Bonchev–Trinajstić information content (AvgIpc) is 3.15. The number of carboxylic acid groups (broad SMARTS) is 1. The van der Waals surface area contributed by atoms with E-state index in [2.05, 4.69) is 26.5 Å². The van der Waals surface area contributed by atoms with Crippen LogP contribution < -0.4 is 10.4 Å². The second-order valence-electron chi connectivity index (χ2n) is 10.2. The molecular formula is C21H32N4O5S. The van der Waals surface area contributed by atoms with Gasteiger partial charge in [-0.05, 0) is 13.3 Å². The van der Waals surface area contributed by atoms with Gasteiger partial charge in [-0.2, -0.15) is 0 Å². The summed E-state index contributed by atoms with van der Waals surface area (Å²) in [6, 6.07) is -0.156. The van der Waals surface area contributed by atoms with Gasteiger partial charge in [-0.15, -0.1) is 11.8 Å². The lowest BCUT2D eigenvalue weighted by Crippen LogP contribution is -2.67. The standard InChI is InChI=1S/C21H32N4O5S/c1-10-16-15(11(2)26)20(28)24(16)17(21(29)30)18(10)31-13-6-14(22-7-13)19(27)23-8-12(9-23)25(3,4)5/h10-16,22,26H,6-9H2,1-5H3/t10?,11?,13?,14?,15?,16-/m0/s1. The van der Waals surface area contributed by atoms with Crippen molar-refractivity contribution in [3.05, 3.63) is 10.6 Å². The minimum atomic E-state index is -1.36. The molecule has 4 aliphatic rings. The molecule has 0 aromatic rings. The van der Waals surface area contributed by atoms with Gasteiger partial charge in [0, 0.05) is 22.6 Å². The number of carboxylic acids is 1. The zero-order valence-corrected chi connectivity index (χ0v) is 19.5. The monoisotopic (exact) mass is 452 g/mol. The third-order valence-electron chi connectivity index (χ3n) is 7.25. The van der Waals surface area contributed by atoms with Gasteiger partial charge < -0.3 is 34.6 Å². The largest absolute Gasteiger partial charge is 0.543 e. The maximum atomic E-state index is 12.8. The van der Waals surface area contributed by atoms with Crippen molar-refractivity contribution in [1.82, 2.24) is 15.1 Å². The van der Waals surface area contributed by atoms with Crippen LogP contribution in [0.4, 0.5) is 0 Å². The number of carbonyl (C=O) groups is 3. The zero-order chi connectivity index (χ0) is 22.8. The quantitative estimate of drug-likeness (QED) is 0.361. The molecule has 0 saturated carbocycles. The van der Waals surface area contributed by atoms with Crippen LogP contribution in [0.3, 0.4) is 0 Å². The van der Waals surface area contributed by atoms with E-state index in [1.54, 1.807) is 6.92 Å². The van der Waals surface area contributed by atoms with E-state index in [9.17, 15) is 24.6 Å². The molecule has 6 atom stereocenters. The Morgan fingerprint density at radius 2 is 1.94 bits per heavy atom. The summed E-state index contributed by atoms with van der Waals surface area (Å²) < 4.78 is 0.836. The summed E-state index contributed by atoms with van der Waals surface area (Å²) in [5, 5.41) is 25.1. The number of likely N-dealkylation sites (tertiary alicyclic amines) is 1. The van der Waals surface area contributed by atoms with Gasteiger partial charge in [0.25, 0.3) is 0 Å². The van der Waals surface area contributed by atoms with Crippen LogP contribution in [0.25, 0.3) is 0 Å². The van der Waals surface area contributed by atoms with Crippen molar-refractivity contribution >= 4 is 29.5 Å². The molecule has 0 aromatic heterocycles. The van der Waals surface area contributed by atoms with Crippen LogP contribution in [0.5, 0.6) is 0 Å². The normalized spacial score (nSPS) is 34.5. The second kappa shape index (κ2) is 7.75. The van der Waals surface area contributed by atoms with Crippen LogP contribution in [0.15, 0.2) is 10.6 Å². The fourth-order valence-corrected chi connectivity index (χ4v) is 6.65. The summed E-state index contributed by atoms with van der Waals surface area (Å²) in [6.07, 6.45) is -0.213. The lowest BCUT2D eigenvalue weighted by Gasteiger charge is -2.47. The summed E-state index contributed by atoms with van der Waals surface area (Å²) in [4.78, 5) is 40.9. The molecule has 4 heterocycles. The highest BCUT2D eigenvalue weighted by atomic mass is 32.2. The lowest BCUT2D eigenvalue weighted by atomic mass is 9.79. The van der Waals surface area contributed by atoms with Gasteiger partial charge >= 0.3 is 0 Å². The van der Waals surface area contributed by atoms with Crippen molar-refractivity contribution in [2.45, 2.75) is 49.7 Å². The molecule has 9 nitrogen and oxygen atoms in total. The summed E-state index contributed by atoms with van der Waals surface area (Å²) in [7, 11) is 6.40. The maximum Gasteiger partial charge on any atom is 0.240 e. The number of nitrogens with one attached hydrogen (secondary N) is 1. The number of hydrogen-bond donors (Lipinski definition) is 2. The summed E-state index contributed by atoms with van der Waals surface area (Å²) in [6.45, 7) is 5.58. The molecule has 0 spiro atoms. The molecule has 0 radical (unpaired) electrons. The van der Waals surface area contributed by atoms with Crippen LogP contribution in [0, 0.1) is 11.8 Å². The van der Waals surface area contributed by atoms with Crippen molar-refractivity contribution in [1.29, 1.82) is 0 Å². The fourth-order valence-electron chi connectivity index (χ4n) is 5.18. The van der Waals surface area contributed by atoms with Gasteiger partial charge in [-0.1, -0.05) is 6.92 Å². The number of aliphatic hydroxyl groups excluding tert-OH is 1. The molecule has 2 amide bonds. The zero-order valence-electron chi connectivity index (χ0n) is 18.7. The predicted molar refractivity (Wildman–Crippen MR) is 113 cm³/mol. The number of amides is 2. The van der Waals surface area contributed by atoms with Crippen molar-refractivity contribution in [3.8, 4) is 0 Å². The first kappa shape index (κ1) is 22.6. The first-order valence-electron chi connectivity index (χ1n) is 10.9. The molecule has 0 bridgehead atoms. The van der Waals surface area contributed by atoms with E-state index in [0.717, 1.165) is 17.6 Å². The first-order valence-corrected chi connectivity index (χ1v) is 11.8. The molecule has 5 unspecified atom stereocenters. The Morgan fingerprint density at radius 3 is 2.48 bits per heavy atom. The number of aliphatic hydroxyl groups is 1. The maximum absolute atomic E-state index is 12.8. The third-order valence-corrected chi connectivity index (χ3v) is 8.77. The number of nitrogens with zero attached hydrogens (tertiary/aromatic N) is 3. The number of β-lactam (4-membered cyclic amide) rings is 1. The molecule has 3 fully saturated rings. The van der Waals surface area contributed by atoms with E-state index in [1.165, 1.54) is 16.7 Å². The second-order valence-corrected chi connectivity index (χ2v) is 11.5. The van der Waals surface area contributed by atoms with Crippen LogP contribution in [-0.2, 0) is 14.4 Å². The molecule has 172 valence electrons. The predicted octanol–water partition coefficient (Wildman–Crippen LogP) is -1.81. The number of thioether (sulfide) groups is 1. The molecule has 3 saturated heterocycles. The van der Waals surface area contributed by atoms with E-state index in [0.29, 0.717) is 23.9 Å². The smallest absolute Gasteiger partial charge is 0.240 e. The Bertz CT molecular complexity index is 832. The fraction of sp³-hybridized carbons (Fsp3) is 0.762. The van der Waals surface area contributed by atoms with Crippen molar-refractivity contribution < 1.29 is 29.1 Å². The molecule has 4 rings (SSSR count). The minimum Gasteiger partial charge on any atom is -0.543 e. The summed E-state index contributed by atoms with van der Waals surface area (Å²) in [5.74, 6) is -2.39. The van der Waals surface area contributed by atoms with Gasteiger partial charge in [0.05, 0.1) is 70.0 Å². The molecule has 31 heavy (non-hydrogen) atoms. The number of fused-ring (bicyclic) bond motifs is 1. The molecule has 2 N–H and O–H groups in total. The number of carbonyl (C=O) groups excluding carboxylic acids is 3. The number of likely N-dealkylation sites (N-methyl/N-ethyl adjacent to an activating group) is 1. The molecule has 10 heteroatoms. The van der Waals surface area contributed by atoms with Gasteiger partial charge in [0.15, 0.2) is 0 Å². The number of quaternary nitrogens is 1. The van der Waals surface area contributed by atoms with Crippen LogP contribution in [0.2, 0.25) is 0 Å². The highest BCUT2D eigenvalue weighted by molar-refractivity contribution is 8.03. The minimum absolute atomic E-state index is 0.0371. The molecule has 0 aliphatic carbocycles. The number of aliphatic carboxylic acids is 1. The van der Waals surface area contributed by atoms with Crippen molar-refractivity contribution in [2.75, 3.05) is 40.8 Å². The average molecular weight is 453 g/mol. The summed E-state index contributed by atoms with van der Waals surface area (Å²) in [5.41, 5.74) is -0.0623. The molecular weight excluding hydrogens is 420 g/mol. The SMILES string of the molecule is CC(O)C1C(=O)N2C(C(=O)[O-])=C(SC3CNC(C(=O)N4CC([N+](C)(C)C)C4)C3)C(C)[C@@H]12. The lowest BCUT2D eigenvalue weighted by molar-refractivity contribution is -0.900. The number of rotatable bonds is 6. The van der Waals surface area contributed by atoms with E-state index in [-0.39, 0.29) is 40.8 Å². The van der Waals surface area contributed by atoms with Gasteiger partial charge in [0.2, 0.25) is 11.8 Å². The highest BCUT2D eigenvalue weighted by Gasteiger charge is 2.59. The Morgan fingerprint density at radius 1 is 1.29 bits per heavy atom. The van der Waals surface area contributed by atoms with Crippen molar-refractivity contribution in [3.63, 3.8) is 0 Å². The van der Waals surface area contributed by atoms with E-state index in [4.69, 9.17) is 0 Å². The Hall–Kier alpha value is -1.62. The van der Waals surface area contributed by atoms with Crippen LogP contribution in [0.1, 0.15) is 20.3 Å². The highest BCUT2D eigenvalue weighted by Crippen LogP contribution is 2.51. The van der Waals surface area contributed by atoms with Gasteiger partial charge in [0.1, 0.15) is 6.04 Å². The molecule has 4 aliphatic heterocycles. The van der Waals surface area contributed by atoms with Crippen LogP contribution >= 0.6 is 11.8 Å². The van der Waals surface area contributed by atoms with E-state index >= 15 is 0 Å².